The van der Waals surface area contributed by atoms with E-state index in [-0.39, 0.29) is 5.75 Å². The summed E-state index contributed by atoms with van der Waals surface area (Å²) < 4.78 is 41.0. The molecule has 0 saturated carbocycles. The predicted octanol–water partition coefficient (Wildman–Crippen LogP) is 3.21. The van der Waals surface area contributed by atoms with Crippen LogP contribution in [0, 0.1) is 5.82 Å². The normalized spacial score (nSPS) is 11.6. The molecule has 0 heterocycles. The topological polar surface area (TPSA) is 43.4 Å². The molecule has 2 aromatic rings. The van der Waals surface area contributed by atoms with Crippen molar-refractivity contribution in [1.82, 2.24) is 0 Å². The van der Waals surface area contributed by atoms with E-state index in [0.29, 0.717) is 0 Å². The molecule has 0 aliphatic rings. The highest BCUT2D eigenvalue weighted by Gasteiger charge is 2.08. The minimum absolute atomic E-state index is 0.0577. The molecule has 0 amide bonds. The minimum Gasteiger partial charge on any atom is -0.379 e. The minimum atomic E-state index is -3.90. The van der Waals surface area contributed by atoms with Crippen molar-refractivity contribution in [3.63, 3.8) is 0 Å². The van der Waals surface area contributed by atoms with Crippen molar-refractivity contribution < 1.29 is 17.0 Å². The summed E-state index contributed by atoms with van der Waals surface area (Å²) in [5.41, 5.74) is 0.730. The van der Waals surface area contributed by atoms with Gasteiger partial charge in [-0.2, -0.15) is 8.42 Å². The van der Waals surface area contributed by atoms with Crippen molar-refractivity contribution in [2.45, 2.75) is 0 Å². The second-order valence-electron chi connectivity index (χ2n) is 3.75. The Labute approximate surface area is 111 Å². The number of hydrogen-bond acceptors (Lipinski definition) is 3. The molecule has 2 rings (SSSR count). The maximum atomic E-state index is 12.9. The highest BCUT2D eigenvalue weighted by atomic mass is 32.2. The average molecular weight is 278 g/mol. The van der Waals surface area contributed by atoms with Crippen LogP contribution in [-0.2, 0) is 10.1 Å². The summed E-state index contributed by atoms with van der Waals surface area (Å²) in [5.74, 6) is -0.613. The summed E-state index contributed by atoms with van der Waals surface area (Å²) in [6.45, 7) is 0. The zero-order valence-corrected chi connectivity index (χ0v) is 10.7. The molecule has 5 heteroatoms. The standard InChI is InChI=1S/C14H11FO3S/c15-13-7-4-8-14(11-13)18-19(16,17)10-9-12-5-2-1-3-6-12/h1-11H/b10-9+. The van der Waals surface area contributed by atoms with Gasteiger partial charge >= 0.3 is 10.1 Å². The van der Waals surface area contributed by atoms with E-state index in [2.05, 4.69) is 0 Å². The smallest absolute Gasteiger partial charge is 0.332 e. The largest absolute Gasteiger partial charge is 0.379 e. The highest BCUT2D eigenvalue weighted by Crippen LogP contribution is 2.15. The molecule has 0 spiro atoms. The van der Waals surface area contributed by atoms with E-state index in [4.69, 9.17) is 4.18 Å². The Hall–Kier alpha value is -2.14. The molecule has 0 atom stereocenters. The van der Waals surface area contributed by atoms with Crippen LogP contribution < -0.4 is 4.18 Å². The zero-order valence-electron chi connectivity index (χ0n) is 9.86. The van der Waals surface area contributed by atoms with Gasteiger partial charge in [-0.1, -0.05) is 36.4 Å². The van der Waals surface area contributed by atoms with Crippen LogP contribution in [-0.4, -0.2) is 8.42 Å². The summed E-state index contributed by atoms with van der Waals surface area (Å²) >= 11 is 0. The van der Waals surface area contributed by atoms with Crippen LogP contribution in [0.25, 0.3) is 6.08 Å². The maximum Gasteiger partial charge on any atom is 0.332 e. The first-order chi connectivity index (χ1) is 9.05. The van der Waals surface area contributed by atoms with Gasteiger partial charge in [0.2, 0.25) is 0 Å². The first kappa shape index (κ1) is 13.3. The first-order valence-corrected chi connectivity index (χ1v) is 6.95. The van der Waals surface area contributed by atoms with Crippen LogP contribution in [0.3, 0.4) is 0 Å². The Bertz CT molecular complexity index is 679. The molecule has 0 radical (unpaired) electrons. The van der Waals surface area contributed by atoms with Gasteiger partial charge in [-0.25, -0.2) is 4.39 Å². The van der Waals surface area contributed by atoms with E-state index in [0.717, 1.165) is 17.0 Å². The van der Waals surface area contributed by atoms with Gasteiger partial charge in [-0.05, 0) is 23.8 Å². The van der Waals surface area contributed by atoms with E-state index in [9.17, 15) is 12.8 Å². The molecule has 0 N–H and O–H groups in total. The van der Waals surface area contributed by atoms with Gasteiger partial charge < -0.3 is 4.18 Å². The van der Waals surface area contributed by atoms with Crippen molar-refractivity contribution in [1.29, 1.82) is 0 Å². The quantitative estimate of drug-likeness (QED) is 0.807. The van der Waals surface area contributed by atoms with Crippen molar-refractivity contribution in [2.75, 3.05) is 0 Å². The molecule has 3 nitrogen and oxygen atoms in total. The maximum absolute atomic E-state index is 12.9. The first-order valence-electron chi connectivity index (χ1n) is 5.48. The van der Waals surface area contributed by atoms with Crippen LogP contribution in [0.4, 0.5) is 4.39 Å². The summed E-state index contributed by atoms with van der Waals surface area (Å²) in [6, 6.07) is 13.9. The zero-order chi connectivity index (χ0) is 13.7. The molecular formula is C14H11FO3S. The lowest BCUT2D eigenvalue weighted by molar-refractivity contribution is 0.493. The third-order valence-corrected chi connectivity index (χ3v) is 3.13. The number of halogens is 1. The lowest BCUT2D eigenvalue weighted by Crippen LogP contribution is -2.05. The van der Waals surface area contributed by atoms with Crippen LogP contribution in [0.2, 0.25) is 0 Å². The summed E-state index contributed by atoms with van der Waals surface area (Å²) in [4.78, 5) is 0. The van der Waals surface area contributed by atoms with Crippen molar-refractivity contribution in [2.24, 2.45) is 0 Å². The van der Waals surface area contributed by atoms with Crippen molar-refractivity contribution in [3.05, 3.63) is 71.4 Å². The monoisotopic (exact) mass is 278 g/mol. The Balaban J connectivity index is 2.13. The second kappa shape index (κ2) is 5.67. The van der Waals surface area contributed by atoms with Gasteiger partial charge in [0.15, 0.2) is 0 Å². The SMILES string of the molecule is O=S(=O)(/C=C/c1ccccc1)Oc1cccc(F)c1. The Morgan fingerprint density at radius 2 is 1.74 bits per heavy atom. The molecule has 0 unspecified atom stereocenters. The van der Waals surface area contributed by atoms with Gasteiger partial charge in [0, 0.05) is 6.07 Å². The van der Waals surface area contributed by atoms with Gasteiger partial charge in [0.25, 0.3) is 0 Å². The third kappa shape index (κ3) is 4.22. The molecule has 0 bridgehead atoms. The molecule has 19 heavy (non-hydrogen) atoms. The molecule has 0 aliphatic heterocycles. The van der Waals surface area contributed by atoms with Gasteiger partial charge in [-0.15, -0.1) is 0 Å². The van der Waals surface area contributed by atoms with E-state index >= 15 is 0 Å². The fourth-order valence-corrected chi connectivity index (χ4v) is 2.16. The third-order valence-electron chi connectivity index (χ3n) is 2.24. The lowest BCUT2D eigenvalue weighted by atomic mass is 10.2. The summed E-state index contributed by atoms with van der Waals surface area (Å²) in [6.07, 6.45) is 1.41. The summed E-state index contributed by atoms with van der Waals surface area (Å²) in [5, 5.41) is 0.938. The lowest BCUT2D eigenvalue weighted by Gasteiger charge is -2.02. The molecule has 0 saturated heterocycles. The Morgan fingerprint density at radius 1 is 1.00 bits per heavy atom. The molecule has 0 aliphatic carbocycles. The van der Waals surface area contributed by atoms with E-state index in [1.807, 2.05) is 6.07 Å². The number of rotatable bonds is 4. The Morgan fingerprint density at radius 3 is 2.42 bits per heavy atom. The van der Waals surface area contributed by atoms with E-state index < -0.39 is 15.9 Å². The molecule has 0 aromatic heterocycles. The van der Waals surface area contributed by atoms with Crippen molar-refractivity contribution >= 4 is 16.2 Å². The van der Waals surface area contributed by atoms with Crippen molar-refractivity contribution in [3.8, 4) is 5.75 Å². The van der Waals surface area contributed by atoms with Gasteiger partial charge in [0.1, 0.15) is 11.6 Å². The van der Waals surface area contributed by atoms with Crippen LogP contribution in [0.1, 0.15) is 5.56 Å². The number of benzene rings is 2. The molecule has 98 valence electrons. The van der Waals surface area contributed by atoms with Crippen LogP contribution >= 0.6 is 0 Å². The molecule has 2 aromatic carbocycles. The van der Waals surface area contributed by atoms with Gasteiger partial charge in [-0.3, -0.25) is 0 Å². The van der Waals surface area contributed by atoms with Gasteiger partial charge in [0.05, 0.1) is 5.41 Å². The fourth-order valence-electron chi connectivity index (χ4n) is 1.41. The second-order valence-corrected chi connectivity index (χ2v) is 5.17. The Kier molecular flexibility index (Phi) is 3.97. The highest BCUT2D eigenvalue weighted by molar-refractivity contribution is 7.90. The van der Waals surface area contributed by atoms with E-state index in [1.54, 1.807) is 24.3 Å². The van der Waals surface area contributed by atoms with Crippen LogP contribution in [0.5, 0.6) is 5.75 Å². The van der Waals surface area contributed by atoms with Crippen LogP contribution in [0.15, 0.2) is 60.0 Å². The fraction of sp³-hybridized carbons (Fsp3) is 0. The van der Waals surface area contributed by atoms with E-state index in [1.165, 1.54) is 24.3 Å². The average Bonchev–Trinajstić information content (AvgIpc) is 2.37. The molecule has 0 fully saturated rings. The summed E-state index contributed by atoms with van der Waals surface area (Å²) in [7, 11) is -3.90. The number of hydrogen-bond donors (Lipinski definition) is 0. The predicted molar refractivity (Wildman–Crippen MR) is 71.4 cm³/mol. The molecular weight excluding hydrogens is 267 g/mol.